The summed E-state index contributed by atoms with van der Waals surface area (Å²) in [5.41, 5.74) is 0. The molecule has 0 radical (unpaired) electrons. The van der Waals surface area contributed by atoms with E-state index in [-0.39, 0.29) is 10.7 Å². The van der Waals surface area contributed by atoms with Gasteiger partial charge in [0, 0.05) is 13.1 Å². The van der Waals surface area contributed by atoms with E-state index in [2.05, 4.69) is 0 Å². The maximum atomic E-state index is 12.0. The van der Waals surface area contributed by atoms with Crippen molar-refractivity contribution in [3.05, 3.63) is 18.1 Å². The highest BCUT2D eigenvalue weighted by Gasteiger charge is 2.27. The van der Waals surface area contributed by atoms with Crippen molar-refractivity contribution >= 4 is 15.9 Å². The molecule has 1 fully saturated rings. The van der Waals surface area contributed by atoms with E-state index in [1.54, 1.807) is 0 Å². The normalized spacial score (nSPS) is 17.1. The number of carbonyl (C=O) groups excluding carboxylic acids is 1. The zero-order valence-corrected chi connectivity index (χ0v) is 9.77. The van der Waals surface area contributed by atoms with Gasteiger partial charge >= 0.3 is 0 Å². The Balaban J connectivity index is 2.28. The van der Waals surface area contributed by atoms with Crippen LogP contribution in [0.5, 0.6) is 0 Å². The molecule has 1 aliphatic rings. The number of sulfonamides is 1. The van der Waals surface area contributed by atoms with Crippen molar-refractivity contribution < 1.29 is 22.4 Å². The fraction of sp³-hybridized carbons (Fsp3) is 0.444. The molecule has 0 atom stereocenters. The molecule has 1 aromatic rings. The number of hydrogen-bond donors (Lipinski definition) is 1. The fourth-order valence-electron chi connectivity index (χ4n) is 1.59. The van der Waals surface area contributed by atoms with Crippen LogP contribution in [0.1, 0.15) is 10.6 Å². The van der Waals surface area contributed by atoms with E-state index in [1.807, 2.05) is 0 Å². The van der Waals surface area contributed by atoms with Gasteiger partial charge < -0.3 is 14.1 Å². The van der Waals surface area contributed by atoms with Gasteiger partial charge in [0.25, 0.3) is 5.91 Å². The van der Waals surface area contributed by atoms with E-state index in [4.69, 9.17) is 14.3 Å². The molecular formula is C9H12N2O5S. The minimum Gasteiger partial charge on any atom is -0.458 e. The molecule has 1 saturated heterocycles. The van der Waals surface area contributed by atoms with Crippen LogP contribution in [0.2, 0.25) is 0 Å². The Morgan fingerprint density at radius 3 is 2.59 bits per heavy atom. The zero-order valence-electron chi connectivity index (χ0n) is 8.96. The second-order valence-corrected chi connectivity index (χ2v) is 5.09. The lowest BCUT2D eigenvalue weighted by Crippen LogP contribution is -2.41. The molecule has 1 aliphatic heterocycles. The van der Waals surface area contributed by atoms with E-state index in [0.29, 0.717) is 26.3 Å². The highest BCUT2D eigenvalue weighted by Crippen LogP contribution is 2.18. The van der Waals surface area contributed by atoms with E-state index in [0.717, 1.165) is 6.26 Å². The molecule has 94 valence electrons. The molecule has 2 heterocycles. The molecule has 2 rings (SSSR count). The van der Waals surface area contributed by atoms with Gasteiger partial charge in [-0.15, -0.1) is 0 Å². The SMILES string of the molecule is NS(=O)(=O)c1ccoc1C(=O)N1CCOCC1. The Morgan fingerprint density at radius 1 is 1.35 bits per heavy atom. The monoisotopic (exact) mass is 260 g/mol. The minimum absolute atomic E-state index is 0.241. The zero-order chi connectivity index (χ0) is 12.5. The first-order chi connectivity index (χ1) is 8.00. The number of nitrogens with two attached hydrogens (primary N) is 1. The summed E-state index contributed by atoms with van der Waals surface area (Å²) in [5.74, 6) is -0.725. The molecule has 0 unspecified atom stereocenters. The van der Waals surface area contributed by atoms with Crippen molar-refractivity contribution in [3.63, 3.8) is 0 Å². The standard InChI is InChI=1S/C9H12N2O5S/c10-17(13,14)7-1-4-16-8(7)9(12)11-2-5-15-6-3-11/h1,4H,2-3,5-6H2,(H2,10,13,14). The molecule has 17 heavy (non-hydrogen) atoms. The second kappa shape index (κ2) is 4.47. The summed E-state index contributed by atoms with van der Waals surface area (Å²) in [4.78, 5) is 13.2. The minimum atomic E-state index is -3.95. The lowest BCUT2D eigenvalue weighted by Gasteiger charge is -2.26. The third kappa shape index (κ3) is 2.48. The van der Waals surface area contributed by atoms with Gasteiger partial charge in [0.1, 0.15) is 4.90 Å². The predicted octanol–water partition coefficient (Wildman–Crippen LogP) is -0.601. The molecule has 1 aromatic heterocycles. The number of rotatable bonds is 2. The average molecular weight is 260 g/mol. The molecule has 0 saturated carbocycles. The van der Waals surface area contributed by atoms with Crippen LogP contribution >= 0.6 is 0 Å². The lowest BCUT2D eigenvalue weighted by atomic mass is 10.3. The summed E-state index contributed by atoms with van der Waals surface area (Å²) in [5, 5.41) is 4.99. The fourth-order valence-corrected chi connectivity index (χ4v) is 2.23. The number of primary sulfonamides is 1. The molecule has 0 spiro atoms. The van der Waals surface area contributed by atoms with Gasteiger partial charge in [-0.25, -0.2) is 13.6 Å². The maximum Gasteiger partial charge on any atom is 0.291 e. The molecule has 2 N–H and O–H groups in total. The Bertz CT molecular complexity index is 515. The van der Waals surface area contributed by atoms with Crippen molar-refractivity contribution in [1.82, 2.24) is 4.90 Å². The molecule has 7 nitrogen and oxygen atoms in total. The van der Waals surface area contributed by atoms with Crippen LogP contribution in [0, 0.1) is 0 Å². The van der Waals surface area contributed by atoms with Crippen LogP contribution < -0.4 is 5.14 Å². The van der Waals surface area contributed by atoms with Crippen LogP contribution in [-0.2, 0) is 14.8 Å². The van der Waals surface area contributed by atoms with Gasteiger partial charge in [0.2, 0.25) is 15.8 Å². The Hall–Kier alpha value is -1.38. The Labute approximate surface area is 98.2 Å². The molecule has 8 heteroatoms. The number of hydrogen-bond acceptors (Lipinski definition) is 5. The van der Waals surface area contributed by atoms with E-state index >= 15 is 0 Å². The van der Waals surface area contributed by atoms with Crippen LogP contribution in [0.25, 0.3) is 0 Å². The molecule has 0 aromatic carbocycles. The Kier molecular flexibility index (Phi) is 3.18. The number of ether oxygens (including phenoxy) is 1. The number of carbonyl (C=O) groups is 1. The Morgan fingerprint density at radius 2 is 2.00 bits per heavy atom. The average Bonchev–Trinajstić information content (AvgIpc) is 2.78. The first-order valence-electron chi connectivity index (χ1n) is 4.97. The van der Waals surface area contributed by atoms with Crippen molar-refractivity contribution in [3.8, 4) is 0 Å². The van der Waals surface area contributed by atoms with E-state index < -0.39 is 15.9 Å². The van der Waals surface area contributed by atoms with Gasteiger partial charge in [-0.1, -0.05) is 0 Å². The van der Waals surface area contributed by atoms with Crippen molar-refractivity contribution in [2.45, 2.75) is 4.90 Å². The lowest BCUT2D eigenvalue weighted by molar-refractivity contribution is 0.0279. The molecule has 1 amide bonds. The third-order valence-electron chi connectivity index (χ3n) is 2.43. The van der Waals surface area contributed by atoms with E-state index in [9.17, 15) is 13.2 Å². The van der Waals surface area contributed by atoms with Crippen molar-refractivity contribution in [1.29, 1.82) is 0 Å². The quantitative estimate of drug-likeness (QED) is 0.764. The summed E-state index contributed by atoms with van der Waals surface area (Å²) >= 11 is 0. The molecular weight excluding hydrogens is 248 g/mol. The highest BCUT2D eigenvalue weighted by atomic mass is 32.2. The number of amides is 1. The maximum absolute atomic E-state index is 12.0. The first kappa shape index (κ1) is 12.1. The second-order valence-electron chi connectivity index (χ2n) is 3.56. The van der Waals surface area contributed by atoms with Gasteiger partial charge in [-0.05, 0) is 6.07 Å². The van der Waals surface area contributed by atoms with Gasteiger partial charge in [-0.3, -0.25) is 4.79 Å². The topological polar surface area (TPSA) is 103 Å². The summed E-state index contributed by atoms with van der Waals surface area (Å²) < 4.78 is 32.5. The van der Waals surface area contributed by atoms with Gasteiger partial charge in [0.05, 0.1) is 19.5 Å². The molecule has 0 aliphatic carbocycles. The number of morpholine rings is 1. The van der Waals surface area contributed by atoms with Crippen molar-refractivity contribution in [2.24, 2.45) is 5.14 Å². The summed E-state index contributed by atoms with van der Waals surface area (Å²) in [6.07, 6.45) is 1.13. The van der Waals surface area contributed by atoms with Crippen LogP contribution in [0.15, 0.2) is 21.6 Å². The van der Waals surface area contributed by atoms with Gasteiger partial charge in [0.15, 0.2) is 0 Å². The van der Waals surface area contributed by atoms with Crippen molar-refractivity contribution in [2.75, 3.05) is 26.3 Å². The first-order valence-corrected chi connectivity index (χ1v) is 6.52. The predicted molar refractivity (Wildman–Crippen MR) is 56.8 cm³/mol. The summed E-state index contributed by atoms with van der Waals surface area (Å²) in [6.45, 7) is 1.67. The van der Waals surface area contributed by atoms with Crippen LogP contribution in [0.4, 0.5) is 0 Å². The van der Waals surface area contributed by atoms with E-state index in [1.165, 1.54) is 11.0 Å². The number of furan rings is 1. The van der Waals surface area contributed by atoms with Gasteiger partial charge in [-0.2, -0.15) is 0 Å². The largest absolute Gasteiger partial charge is 0.458 e. The molecule has 0 bridgehead atoms. The summed E-state index contributed by atoms with van der Waals surface area (Å²) in [7, 11) is -3.95. The van der Waals surface area contributed by atoms with Crippen LogP contribution in [0.3, 0.4) is 0 Å². The smallest absolute Gasteiger partial charge is 0.291 e. The third-order valence-corrected chi connectivity index (χ3v) is 3.36. The van der Waals surface area contributed by atoms with Crippen LogP contribution in [-0.4, -0.2) is 45.5 Å². The number of nitrogens with zero attached hydrogens (tertiary/aromatic N) is 1. The highest BCUT2D eigenvalue weighted by molar-refractivity contribution is 7.89. The summed E-state index contributed by atoms with van der Waals surface area (Å²) in [6, 6.07) is 1.17.